The molecule has 2 aromatic carbocycles. The van der Waals surface area contributed by atoms with Gasteiger partial charge in [0.25, 0.3) is 5.91 Å². The van der Waals surface area contributed by atoms with E-state index in [1.165, 1.54) is 20.0 Å². The Bertz CT molecular complexity index is 1280. The number of aromatic hydroxyl groups is 1. The van der Waals surface area contributed by atoms with Crippen LogP contribution < -0.4 is 4.74 Å². The van der Waals surface area contributed by atoms with Crippen LogP contribution in [0.3, 0.4) is 0 Å². The smallest absolute Gasteiger partial charge is 0.299 e. The molecule has 0 unspecified atom stereocenters. The third-order valence-corrected chi connectivity index (χ3v) is 7.34. The maximum atomic E-state index is 12.7. The molecule has 2 aliphatic rings. The van der Waals surface area contributed by atoms with Gasteiger partial charge in [0.2, 0.25) is 5.88 Å². The quantitative estimate of drug-likeness (QED) is 0.464. The molecule has 34 heavy (non-hydrogen) atoms. The summed E-state index contributed by atoms with van der Waals surface area (Å²) in [5, 5.41) is 20.1. The van der Waals surface area contributed by atoms with E-state index in [1.54, 1.807) is 24.3 Å². The number of hydrogen-bond donors (Lipinski definition) is 1. The molecule has 2 heterocycles. The molecule has 7 nitrogen and oxygen atoms in total. The number of azo groups is 1. The average molecular weight is 461 g/mol. The van der Waals surface area contributed by atoms with E-state index in [9.17, 15) is 9.90 Å². The van der Waals surface area contributed by atoms with Crippen molar-refractivity contribution in [1.82, 2.24) is 9.47 Å². The fourth-order valence-electron chi connectivity index (χ4n) is 6.41. The SMILES string of the molecule is COc1ccccc1C(=O)N=Nc1c(O)n(CN2C[C@]3(C)C[C@H]2CC(C)(C)C3)c2ccccc12. The van der Waals surface area contributed by atoms with Gasteiger partial charge in [0.15, 0.2) is 5.69 Å². The van der Waals surface area contributed by atoms with E-state index < -0.39 is 5.91 Å². The summed E-state index contributed by atoms with van der Waals surface area (Å²) in [5.41, 5.74) is 2.15. The van der Waals surface area contributed by atoms with Gasteiger partial charge in [0.05, 0.1) is 24.9 Å². The number of hydrogen-bond acceptors (Lipinski definition) is 5. The summed E-state index contributed by atoms with van der Waals surface area (Å²) in [7, 11) is 1.51. The molecule has 1 N–H and O–H groups in total. The molecule has 1 aliphatic heterocycles. The monoisotopic (exact) mass is 460 g/mol. The van der Waals surface area contributed by atoms with Crippen LogP contribution in [0.5, 0.6) is 11.6 Å². The third-order valence-electron chi connectivity index (χ3n) is 7.34. The molecular formula is C27H32N4O3. The van der Waals surface area contributed by atoms with Crippen molar-refractivity contribution < 1.29 is 14.6 Å². The van der Waals surface area contributed by atoms with E-state index in [0.717, 1.165) is 23.9 Å². The van der Waals surface area contributed by atoms with Crippen molar-refractivity contribution in [2.24, 2.45) is 21.1 Å². The van der Waals surface area contributed by atoms with Crippen LogP contribution in [0.4, 0.5) is 5.69 Å². The lowest BCUT2D eigenvalue weighted by Crippen LogP contribution is -2.35. The Balaban J connectivity index is 1.47. The minimum absolute atomic E-state index is 0.0311. The first kappa shape index (κ1) is 22.6. The van der Waals surface area contributed by atoms with Crippen LogP contribution >= 0.6 is 0 Å². The van der Waals surface area contributed by atoms with Crippen LogP contribution in [0, 0.1) is 10.8 Å². The molecule has 1 aromatic heterocycles. The van der Waals surface area contributed by atoms with Crippen molar-refractivity contribution in [2.75, 3.05) is 13.7 Å². The average Bonchev–Trinajstić information content (AvgIpc) is 3.20. The molecule has 1 aliphatic carbocycles. The fourth-order valence-corrected chi connectivity index (χ4v) is 6.41. The Kier molecular flexibility index (Phi) is 5.47. The predicted octanol–water partition coefficient (Wildman–Crippen LogP) is 6.14. The van der Waals surface area contributed by atoms with Crippen LogP contribution in [-0.4, -0.2) is 40.2 Å². The standard InChI is InChI=1S/C27H32N4O3/c1-26(2)13-18-14-27(3,15-26)16-30(18)17-31-21-11-7-5-9-19(21)23(25(31)33)28-29-24(32)20-10-6-8-12-22(20)34-4/h5-12,18,33H,13-17H2,1-4H3/t18-,27-/m1/s1. The minimum atomic E-state index is -0.517. The third kappa shape index (κ3) is 3.98. The number of rotatable bonds is 5. The molecule has 2 atom stereocenters. The zero-order chi connectivity index (χ0) is 24.1. The van der Waals surface area contributed by atoms with E-state index in [0.29, 0.717) is 40.5 Å². The van der Waals surface area contributed by atoms with Crippen LogP contribution in [0.2, 0.25) is 0 Å². The number of para-hydroxylation sites is 2. The molecule has 2 fully saturated rings. The summed E-state index contributed by atoms with van der Waals surface area (Å²) >= 11 is 0. The topological polar surface area (TPSA) is 79.4 Å². The van der Waals surface area contributed by atoms with Gasteiger partial charge in [-0.15, -0.1) is 10.2 Å². The van der Waals surface area contributed by atoms with Crippen LogP contribution in [-0.2, 0) is 6.67 Å². The first-order valence-electron chi connectivity index (χ1n) is 11.8. The summed E-state index contributed by atoms with van der Waals surface area (Å²) in [5.74, 6) is -0.0458. The highest BCUT2D eigenvalue weighted by molar-refractivity contribution is 5.98. The van der Waals surface area contributed by atoms with Gasteiger partial charge in [-0.25, -0.2) is 0 Å². The van der Waals surface area contributed by atoms with Crippen LogP contribution in [0.25, 0.3) is 10.9 Å². The van der Waals surface area contributed by atoms with Crippen molar-refractivity contribution in [3.63, 3.8) is 0 Å². The number of fused-ring (bicyclic) bond motifs is 3. The van der Waals surface area contributed by atoms with Crippen molar-refractivity contribution in [3.8, 4) is 11.6 Å². The lowest BCUT2D eigenvalue weighted by molar-refractivity contribution is 0.0992. The summed E-state index contributed by atoms with van der Waals surface area (Å²) < 4.78 is 7.16. The lowest BCUT2D eigenvalue weighted by Gasteiger charge is -2.40. The zero-order valence-corrected chi connectivity index (χ0v) is 20.3. The molecule has 1 saturated heterocycles. The number of carbonyl (C=O) groups is 1. The number of aromatic nitrogens is 1. The van der Waals surface area contributed by atoms with Crippen molar-refractivity contribution in [2.45, 2.75) is 52.7 Å². The zero-order valence-electron chi connectivity index (χ0n) is 20.3. The van der Waals surface area contributed by atoms with Crippen LogP contribution in [0.1, 0.15) is 50.4 Å². The summed E-state index contributed by atoms with van der Waals surface area (Å²) in [6.45, 7) is 8.70. The molecule has 3 aromatic rings. The molecule has 7 heteroatoms. The number of likely N-dealkylation sites (tertiary alicyclic amines) is 1. The summed E-state index contributed by atoms with van der Waals surface area (Å²) in [6.07, 6.45) is 3.56. The van der Waals surface area contributed by atoms with Crippen molar-refractivity contribution in [3.05, 3.63) is 54.1 Å². The van der Waals surface area contributed by atoms with Crippen molar-refractivity contribution in [1.29, 1.82) is 0 Å². The Morgan fingerprint density at radius 1 is 1.12 bits per heavy atom. The van der Waals surface area contributed by atoms with E-state index >= 15 is 0 Å². The molecule has 1 saturated carbocycles. The molecular weight excluding hydrogens is 428 g/mol. The summed E-state index contributed by atoms with van der Waals surface area (Å²) in [6, 6.07) is 15.1. The van der Waals surface area contributed by atoms with Crippen molar-refractivity contribution >= 4 is 22.5 Å². The maximum Gasteiger partial charge on any atom is 0.299 e. The second-order valence-corrected chi connectivity index (χ2v) is 10.9. The molecule has 2 bridgehead atoms. The van der Waals surface area contributed by atoms with Gasteiger partial charge < -0.3 is 9.84 Å². The Labute approximate surface area is 200 Å². The Hall–Kier alpha value is -3.19. The normalized spacial score (nSPS) is 24.2. The van der Waals surface area contributed by atoms with Gasteiger partial charge >= 0.3 is 0 Å². The number of methoxy groups -OCH3 is 1. The predicted molar refractivity (Wildman–Crippen MR) is 132 cm³/mol. The maximum absolute atomic E-state index is 12.7. The Morgan fingerprint density at radius 3 is 2.65 bits per heavy atom. The van der Waals surface area contributed by atoms with Gasteiger partial charge in [-0.05, 0) is 48.3 Å². The van der Waals surface area contributed by atoms with Gasteiger partial charge in [0.1, 0.15) is 5.75 Å². The highest BCUT2D eigenvalue weighted by Crippen LogP contribution is 2.53. The number of nitrogens with zero attached hydrogens (tertiary/aromatic N) is 4. The molecule has 0 spiro atoms. The largest absolute Gasteiger partial charge is 0.496 e. The number of carbonyl (C=O) groups excluding carboxylic acids is 1. The van der Waals surface area contributed by atoms with E-state index in [1.807, 2.05) is 28.8 Å². The van der Waals surface area contributed by atoms with E-state index in [-0.39, 0.29) is 5.88 Å². The molecule has 1 amide bonds. The minimum Gasteiger partial charge on any atom is -0.496 e. The molecule has 5 rings (SSSR count). The first-order chi connectivity index (χ1) is 16.2. The lowest BCUT2D eigenvalue weighted by atomic mass is 9.65. The fraction of sp³-hybridized carbons (Fsp3) is 0.444. The number of amides is 1. The van der Waals surface area contributed by atoms with Gasteiger partial charge in [-0.2, -0.15) is 0 Å². The number of benzene rings is 2. The summed E-state index contributed by atoms with van der Waals surface area (Å²) in [4.78, 5) is 15.2. The Morgan fingerprint density at radius 2 is 1.85 bits per heavy atom. The highest BCUT2D eigenvalue weighted by Gasteiger charge is 2.49. The first-order valence-corrected chi connectivity index (χ1v) is 11.8. The van der Waals surface area contributed by atoms with E-state index in [2.05, 4.69) is 35.9 Å². The highest BCUT2D eigenvalue weighted by atomic mass is 16.5. The number of ether oxygens (including phenoxy) is 1. The second-order valence-electron chi connectivity index (χ2n) is 10.9. The second kappa shape index (κ2) is 8.24. The molecule has 0 radical (unpaired) electrons. The molecule has 178 valence electrons. The van der Waals surface area contributed by atoms with Crippen LogP contribution in [0.15, 0.2) is 58.8 Å². The van der Waals surface area contributed by atoms with Gasteiger partial charge in [-0.3, -0.25) is 14.3 Å². The van der Waals surface area contributed by atoms with E-state index in [4.69, 9.17) is 4.74 Å². The van der Waals surface area contributed by atoms with Gasteiger partial charge in [0, 0.05) is 18.0 Å². The van der Waals surface area contributed by atoms with Gasteiger partial charge in [-0.1, -0.05) is 51.1 Å².